The van der Waals surface area contributed by atoms with Crippen molar-refractivity contribution in [2.24, 2.45) is 7.05 Å². The van der Waals surface area contributed by atoms with Gasteiger partial charge in [0.2, 0.25) is 0 Å². The van der Waals surface area contributed by atoms with Gasteiger partial charge < -0.3 is 11.1 Å². The van der Waals surface area contributed by atoms with Crippen molar-refractivity contribution in [1.82, 2.24) is 15.1 Å². The Bertz CT molecular complexity index is 402. The minimum absolute atomic E-state index is 0.0797. The van der Waals surface area contributed by atoms with Crippen LogP contribution in [0.4, 0.5) is 5.69 Å². The summed E-state index contributed by atoms with van der Waals surface area (Å²) in [5.41, 5.74) is 6.21. The fourth-order valence-corrected chi connectivity index (χ4v) is 1.20. The molecule has 5 heteroatoms. The number of rotatable bonds is 3. The SMILES string of the molecule is C#CCC(C)NC(=O)c1nn(C)cc1N. The molecule has 80 valence electrons. The molecule has 3 N–H and O–H groups in total. The minimum atomic E-state index is -0.296. The number of terminal acetylenes is 1. The molecule has 0 bridgehead atoms. The third kappa shape index (κ3) is 2.74. The molecule has 1 aromatic rings. The van der Waals surface area contributed by atoms with Gasteiger partial charge in [-0.1, -0.05) is 0 Å². The molecule has 15 heavy (non-hydrogen) atoms. The molecule has 0 fully saturated rings. The Morgan fingerprint density at radius 2 is 2.53 bits per heavy atom. The maximum absolute atomic E-state index is 11.6. The fourth-order valence-electron chi connectivity index (χ4n) is 1.20. The Labute approximate surface area is 88.6 Å². The van der Waals surface area contributed by atoms with Gasteiger partial charge >= 0.3 is 0 Å². The van der Waals surface area contributed by atoms with Gasteiger partial charge in [0.15, 0.2) is 5.69 Å². The van der Waals surface area contributed by atoms with Gasteiger partial charge in [0.1, 0.15) is 0 Å². The average Bonchev–Trinajstić information content (AvgIpc) is 2.45. The second-order valence-electron chi connectivity index (χ2n) is 3.39. The summed E-state index contributed by atoms with van der Waals surface area (Å²) < 4.78 is 1.50. The normalized spacial score (nSPS) is 11.8. The smallest absolute Gasteiger partial charge is 0.274 e. The number of carbonyl (C=O) groups excluding carboxylic acids is 1. The molecule has 1 aromatic heterocycles. The van der Waals surface area contributed by atoms with Crippen LogP contribution in [0, 0.1) is 12.3 Å². The van der Waals surface area contributed by atoms with Crippen LogP contribution in [-0.2, 0) is 7.05 Å². The first-order chi connectivity index (χ1) is 7.04. The van der Waals surface area contributed by atoms with Gasteiger partial charge in [0, 0.05) is 25.7 Å². The third-order valence-electron chi connectivity index (χ3n) is 1.87. The van der Waals surface area contributed by atoms with E-state index in [2.05, 4.69) is 16.3 Å². The van der Waals surface area contributed by atoms with Gasteiger partial charge in [-0.2, -0.15) is 5.10 Å². The van der Waals surface area contributed by atoms with Crippen LogP contribution in [0.1, 0.15) is 23.8 Å². The Morgan fingerprint density at radius 1 is 1.87 bits per heavy atom. The van der Waals surface area contributed by atoms with E-state index in [1.165, 1.54) is 4.68 Å². The monoisotopic (exact) mass is 206 g/mol. The van der Waals surface area contributed by atoms with Crippen LogP contribution in [0.2, 0.25) is 0 Å². The lowest BCUT2D eigenvalue weighted by Gasteiger charge is -2.09. The number of nitrogens with two attached hydrogens (primary N) is 1. The van der Waals surface area contributed by atoms with Crippen LogP contribution in [0.5, 0.6) is 0 Å². The highest BCUT2D eigenvalue weighted by Crippen LogP contribution is 2.07. The third-order valence-corrected chi connectivity index (χ3v) is 1.87. The van der Waals surface area contributed by atoms with E-state index in [0.29, 0.717) is 12.1 Å². The first kappa shape index (κ1) is 11.1. The lowest BCUT2D eigenvalue weighted by atomic mass is 10.2. The summed E-state index contributed by atoms with van der Waals surface area (Å²) in [6.45, 7) is 1.83. The number of aryl methyl sites for hydroxylation is 1. The van der Waals surface area contributed by atoms with Crippen molar-refractivity contribution in [1.29, 1.82) is 0 Å². The first-order valence-electron chi connectivity index (χ1n) is 4.58. The first-order valence-corrected chi connectivity index (χ1v) is 4.58. The van der Waals surface area contributed by atoms with Crippen molar-refractivity contribution in [3.05, 3.63) is 11.9 Å². The molecule has 0 aliphatic carbocycles. The summed E-state index contributed by atoms with van der Waals surface area (Å²) in [5, 5.41) is 6.67. The summed E-state index contributed by atoms with van der Waals surface area (Å²) in [5.74, 6) is 2.18. The van der Waals surface area contributed by atoms with Gasteiger partial charge in [-0.25, -0.2) is 0 Å². The Hall–Kier alpha value is -1.96. The molecule has 0 spiro atoms. The molecule has 0 aromatic carbocycles. The number of carbonyl (C=O) groups is 1. The summed E-state index contributed by atoms with van der Waals surface area (Å²) in [4.78, 5) is 11.6. The lowest BCUT2D eigenvalue weighted by Crippen LogP contribution is -2.33. The number of hydrogen-bond acceptors (Lipinski definition) is 3. The van der Waals surface area contributed by atoms with Crippen molar-refractivity contribution in [2.45, 2.75) is 19.4 Å². The van der Waals surface area contributed by atoms with Gasteiger partial charge in [0.05, 0.1) is 5.69 Å². The van der Waals surface area contributed by atoms with Crippen molar-refractivity contribution in [3.8, 4) is 12.3 Å². The molecule has 1 atom stereocenters. The van der Waals surface area contributed by atoms with E-state index in [1.54, 1.807) is 13.2 Å². The lowest BCUT2D eigenvalue weighted by molar-refractivity contribution is 0.0936. The summed E-state index contributed by atoms with van der Waals surface area (Å²) >= 11 is 0. The van der Waals surface area contributed by atoms with E-state index in [-0.39, 0.29) is 17.6 Å². The molecule has 1 unspecified atom stereocenters. The molecular formula is C10H14N4O. The van der Waals surface area contributed by atoms with Crippen molar-refractivity contribution in [2.75, 3.05) is 5.73 Å². The Kier molecular flexibility index (Phi) is 3.34. The van der Waals surface area contributed by atoms with Crippen LogP contribution in [0.3, 0.4) is 0 Å². The van der Waals surface area contributed by atoms with Gasteiger partial charge in [-0.05, 0) is 6.92 Å². The molecule has 1 amide bonds. The second-order valence-corrected chi connectivity index (χ2v) is 3.39. The summed E-state index contributed by atoms with van der Waals surface area (Å²) in [7, 11) is 1.71. The zero-order valence-electron chi connectivity index (χ0n) is 8.82. The van der Waals surface area contributed by atoms with Gasteiger partial charge in [-0.15, -0.1) is 12.3 Å². The van der Waals surface area contributed by atoms with Crippen LogP contribution < -0.4 is 11.1 Å². The number of nitrogens with zero attached hydrogens (tertiary/aromatic N) is 2. The molecule has 0 saturated heterocycles. The molecule has 0 aliphatic rings. The van der Waals surface area contributed by atoms with Crippen LogP contribution in [0.15, 0.2) is 6.20 Å². The summed E-state index contributed by atoms with van der Waals surface area (Å²) in [6.07, 6.45) is 7.20. The largest absolute Gasteiger partial charge is 0.396 e. The van der Waals surface area contributed by atoms with Crippen LogP contribution in [-0.4, -0.2) is 21.7 Å². The minimum Gasteiger partial charge on any atom is -0.396 e. The van der Waals surface area contributed by atoms with Crippen molar-refractivity contribution < 1.29 is 4.79 Å². The van der Waals surface area contributed by atoms with E-state index in [0.717, 1.165) is 0 Å². The van der Waals surface area contributed by atoms with Gasteiger partial charge in [-0.3, -0.25) is 9.48 Å². The summed E-state index contributed by atoms with van der Waals surface area (Å²) in [6, 6.07) is -0.0797. The van der Waals surface area contributed by atoms with E-state index in [4.69, 9.17) is 12.2 Å². The number of anilines is 1. The maximum Gasteiger partial charge on any atom is 0.274 e. The van der Waals surface area contributed by atoms with Crippen molar-refractivity contribution in [3.63, 3.8) is 0 Å². The topological polar surface area (TPSA) is 72.9 Å². The molecule has 0 saturated carbocycles. The number of amides is 1. The molecule has 1 rings (SSSR count). The van der Waals surface area contributed by atoms with Gasteiger partial charge in [0.25, 0.3) is 5.91 Å². The van der Waals surface area contributed by atoms with E-state index in [1.807, 2.05) is 6.92 Å². The maximum atomic E-state index is 11.6. The zero-order valence-corrected chi connectivity index (χ0v) is 8.82. The number of nitrogens with one attached hydrogen (secondary N) is 1. The molecular weight excluding hydrogens is 192 g/mol. The predicted molar refractivity (Wildman–Crippen MR) is 58.0 cm³/mol. The fraction of sp³-hybridized carbons (Fsp3) is 0.400. The highest BCUT2D eigenvalue weighted by Gasteiger charge is 2.15. The Morgan fingerprint density at radius 3 is 3.00 bits per heavy atom. The number of nitrogen functional groups attached to an aromatic ring is 1. The number of aromatic nitrogens is 2. The quantitative estimate of drug-likeness (QED) is 0.691. The second kappa shape index (κ2) is 4.51. The van der Waals surface area contributed by atoms with Crippen LogP contribution >= 0.6 is 0 Å². The molecule has 0 radical (unpaired) electrons. The molecule has 5 nitrogen and oxygen atoms in total. The molecule has 0 aliphatic heterocycles. The number of hydrogen-bond donors (Lipinski definition) is 2. The van der Waals surface area contributed by atoms with Crippen LogP contribution in [0.25, 0.3) is 0 Å². The van der Waals surface area contributed by atoms with E-state index >= 15 is 0 Å². The average molecular weight is 206 g/mol. The van der Waals surface area contributed by atoms with E-state index in [9.17, 15) is 4.79 Å². The zero-order chi connectivity index (χ0) is 11.4. The highest BCUT2D eigenvalue weighted by atomic mass is 16.2. The van der Waals surface area contributed by atoms with Crippen molar-refractivity contribution >= 4 is 11.6 Å². The van der Waals surface area contributed by atoms with E-state index < -0.39 is 0 Å². The predicted octanol–water partition coefficient (Wildman–Crippen LogP) is 0.144. The standard InChI is InChI=1S/C10H14N4O/c1-4-5-7(2)12-10(15)9-8(11)6-14(3)13-9/h1,6-7H,5,11H2,2-3H3,(H,12,15). The Balaban J connectivity index is 2.70. The molecule has 1 heterocycles. The highest BCUT2D eigenvalue weighted by molar-refractivity contribution is 5.97.